The molecule has 1 heterocycles. The van der Waals surface area contributed by atoms with Gasteiger partial charge in [0.2, 0.25) is 0 Å². The SMILES string of the molecule is O=C(Nc1ccc(Cl)c(Cl)c1)N1CCc2cc(O)ccc2C1. The molecule has 0 spiro atoms. The maximum Gasteiger partial charge on any atom is 0.322 e. The summed E-state index contributed by atoms with van der Waals surface area (Å²) >= 11 is 11.8. The summed E-state index contributed by atoms with van der Waals surface area (Å²) in [4.78, 5) is 14.1. The standard InChI is InChI=1S/C16H14Cl2N2O2/c17-14-4-2-12(8-15(14)18)19-16(22)20-6-5-10-7-13(21)3-1-11(10)9-20/h1-4,7-8,21H,5-6,9H2,(H,19,22). The molecule has 3 rings (SSSR count). The number of rotatable bonds is 1. The molecule has 0 atom stereocenters. The number of amides is 2. The largest absolute Gasteiger partial charge is 0.508 e. The highest BCUT2D eigenvalue weighted by Gasteiger charge is 2.21. The first-order valence-electron chi connectivity index (χ1n) is 6.84. The van der Waals surface area contributed by atoms with E-state index in [2.05, 4.69) is 5.32 Å². The van der Waals surface area contributed by atoms with Crippen molar-refractivity contribution in [2.24, 2.45) is 0 Å². The highest BCUT2D eigenvalue weighted by Crippen LogP contribution is 2.26. The molecule has 1 aliphatic heterocycles. The fraction of sp³-hybridized carbons (Fsp3) is 0.188. The Kier molecular flexibility index (Phi) is 4.14. The van der Waals surface area contributed by atoms with Crippen molar-refractivity contribution in [3.8, 4) is 5.75 Å². The van der Waals surface area contributed by atoms with Crippen molar-refractivity contribution in [3.05, 3.63) is 57.6 Å². The fourth-order valence-electron chi connectivity index (χ4n) is 2.49. The number of nitrogens with one attached hydrogen (secondary N) is 1. The first kappa shape index (κ1) is 15.0. The second kappa shape index (κ2) is 6.07. The number of aromatic hydroxyl groups is 1. The predicted octanol–water partition coefficient (Wildman–Crippen LogP) is 4.29. The van der Waals surface area contributed by atoms with Crippen LogP contribution in [0.5, 0.6) is 5.75 Å². The normalized spacial score (nSPS) is 13.6. The Morgan fingerprint density at radius 1 is 1.09 bits per heavy atom. The molecule has 22 heavy (non-hydrogen) atoms. The molecule has 2 aromatic carbocycles. The van der Waals surface area contributed by atoms with E-state index >= 15 is 0 Å². The number of anilines is 1. The lowest BCUT2D eigenvalue weighted by Gasteiger charge is -2.29. The average Bonchev–Trinajstić information content (AvgIpc) is 2.50. The molecule has 2 amide bonds. The van der Waals surface area contributed by atoms with Gasteiger partial charge in [-0.1, -0.05) is 29.3 Å². The lowest BCUT2D eigenvalue weighted by Crippen LogP contribution is -2.38. The van der Waals surface area contributed by atoms with Gasteiger partial charge in [-0.25, -0.2) is 4.79 Å². The Morgan fingerprint density at radius 3 is 2.68 bits per heavy atom. The Balaban J connectivity index is 1.71. The molecule has 2 aromatic rings. The molecule has 0 unspecified atom stereocenters. The third-order valence-electron chi connectivity index (χ3n) is 3.66. The smallest absolute Gasteiger partial charge is 0.322 e. The van der Waals surface area contributed by atoms with Crippen LogP contribution >= 0.6 is 23.2 Å². The fourth-order valence-corrected chi connectivity index (χ4v) is 2.79. The van der Waals surface area contributed by atoms with Gasteiger partial charge in [-0.2, -0.15) is 0 Å². The van der Waals surface area contributed by atoms with Gasteiger partial charge >= 0.3 is 6.03 Å². The highest BCUT2D eigenvalue weighted by atomic mass is 35.5. The number of benzene rings is 2. The molecule has 1 aliphatic rings. The van der Waals surface area contributed by atoms with E-state index in [4.69, 9.17) is 23.2 Å². The van der Waals surface area contributed by atoms with Crippen LogP contribution in [0.1, 0.15) is 11.1 Å². The number of fused-ring (bicyclic) bond motifs is 1. The maximum atomic E-state index is 12.3. The number of carbonyl (C=O) groups is 1. The Labute approximate surface area is 138 Å². The summed E-state index contributed by atoms with van der Waals surface area (Å²) in [5.41, 5.74) is 2.74. The van der Waals surface area contributed by atoms with Crippen LogP contribution in [0.15, 0.2) is 36.4 Å². The Hall–Kier alpha value is -1.91. The van der Waals surface area contributed by atoms with Crippen LogP contribution in [0.2, 0.25) is 10.0 Å². The number of urea groups is 1. The molecule has 0 fully saturated rings. The first-order valence-corrected chi connectivity index (χ1v) is 7.60. The average molecular weight is 337 g/mol. The third-order valence-corrected chi connectivity index (χ3v) is 4.40. The molecule has 0 saturated carbocycles. The number of nitrogens with zero attached hydrogens (tertiary/aromatic N) is 1. The zero-order chi connectivity index (χ0) is 15.7. The second-order valence-electron chi connectivity index (χ2n) is 5.18. The topological polar surface area (TPSA) is 52.6 Å². The predicted molar refractivity (Wildman–Crippen MR) is 87.7 cm³/mol. The molecule has 6 heteroatoms. The van der Waals surface area contributed by atoms with Gasteiger partial charge in [-0.3, -0.25) is 0 Å². The first-order chi connectivity index (χ1) is 10.5. The van der Waals surface area contributed by atoms with Crippen molar-refractivity contribution in [2.75, 3.05) is 11.9 Å². The minimum atomic E-state index is -0.183. The van der Waals surface area contributed by atoms with Crippen LogP contribution in [0, 0.1) is 0 Å². The molecule has 2 N–H and O–H groups in total. The monoisotopic (exact) mass is 336 g/mol. The summed E-state index contributed by atoms with van der Waals surface area (Å²) in [5.74, 6) is 0.257. The Morgan fingerprint density at radius 2 is 1.91 bits per heavy atom. The molecule has 114 valence electrons. The lowest BCUT2D eigenvalue weighted by atomic mass is 10.00. The van der Waals surface area contributed by atoms with Gasteiger partial charge in [-0.05, 0) is 47.9 Å². The number of hydrogen-bond donors (Lipinski definition) is 2. The van der Waals surface area contributed by atoms with Crippen LogP contribution in [0.25, 0.3) is 0 Å². The van der Waals surface area contributed by atoms with Crippen LogP contribution in [-0.2, 0) is 13.0 Å². The van der Waals surface area contributed by atoms with E-state index < -0.39 is 0 Å². The van der Waals surface area contributed by atoms with Crippen molar-refractivity contribution >= 4 is 34.9 Å². The van der Waals surface area contributed by atoms with Crippen molar-refractivity contribution in [3.63, 3.8) is 0 Å². The summed E-state index contributed by atoms with van der Waals surface area (Å²) in [6.07, 6.45) is 0.721. The zero-order valence-corrected chi connectivity index (χ0v) is 13.2. The number of halogens is 2. The van der Waals surface area contributed by atoms with Crippen LogP contribution in [0.4, 0.5) is 10.5 Å². The van der Waals surface area contributed by atoms with Gasteiger partial charge in [0.05, 0.1) is 10.0 Å². The molecule has 4 nitrogen and oxygen atoms in total. The van der Waals surface area contributed by atoms with E-state index in [9.17, 15) is 9.90 Å². The Bertz CT molecular complexity index is 734. The summed E-state index contributed by atoms with van der Waals surface area (Å²) in [6, 6.07) is 10.0. The quantitative estimate of drug-likeness (QED) is 0.816. The van der Waals surface area contributed by atoms with Gasteiger partial charge in [-0.15, -0.1) is 0 Å². The van der Waals surface area contributed by atoms with Gasteiger partial charge < -0.3 is 15.3 Å². The minimum absolute atomic E-state index is 0.183. The van der Waals surface area contributed by atoms with E-state index in [1.165, 1.54) is 0 Å². The zero-order valence-electron chi connectivity index (χ0n) is 11.6. The number of hydrogen-bond acceptors (Lipinski definition) is 2. The number of phenolic OH excluding ortho intramolecular Hbond substituents is 1. The molecular weight excluding hydrogens is 323 g/mol. The maximum absolute atomic E-state index is 12.3. The van der Waals surface area contributed by atoms with Crippen molar-refractivity contribution in [2.45, 2.75) is 13.0 Å². The van der Waals surface area contributed by atoms with Gasteiger partial charge in [0.1, 0.15) is 5.75 Å². The molecule has 0 radical (unpaired) electrons. The molecule has 0 bridgehead atoms. The lowest BCUT2D eigenvalue weighted by molar-refractivity contribution is 0.206. The van der Waals surface area contributed by atoms with Crippen molar-refractivity contribution < 1.29 is 9.90 Å². The van der Waals surface area contributed by atoms with Crippen LogP contribution < -0.4 is 5.32 Å². The van der Waals surface area contributed by atoms with Crippen LogP contribution in [0.3, 0.4) is 0 Å². The second-order valence-corrected chi connectivity index (χ2v) is 6.00. The summed E-state index contributed by atoms with van der Waals surface area (Å²) in [7, 11) is 0. The van der Waals surface area contributed by atoms with Crippen molar-refractivity contribution in [1.82, 2.24) is 4.90 Å². The van der Waals surface area contributed by atoms with Crippen molar-refractivity contribution in [1.29, 1.82) is 0 Å². The van der Waals surface area contributed by atoms with Gasteiger partial charge in [0, 0.05) is 18.8 Å². The molecule has 0 saturated heterocycles. The minimum Gasteiger partial charge on any atom is -0.508 e. The molecule has 0 aliphatic carbocycles. The van der Waals surface area contributed by atoms with E-state index in [0.29, 0.717) is 28.8 Å². The third kappa shape index (κ3) is 3.13. The van der Waals surface area contributed by atoms with Crippen LogP contribution in [-0.4, -0.2) is 22.6 Å². The highest BCUT2D eigenvalue weighted by molar-refractivity contribution is 6.42. The van der Waals surface area contributed by atoms with Gasteiger partial charge in [0.15, 0.2) is 0 Å². The molecular formula is C16H14Cl2N2O2. The summed E-state index contributed by atoms with van der Waals surface area (Å²) in [6.45, 7) is 1.12. The number of carbonyl (C=O) groups excluding carboxylic acids is 1. The van der Waals surface area contributed by atoms with E-state index in [1.54, 1.807) is 35.2 Å². The van der Waals surface area contributed by atoms with E-state index in [1.807, 2.05) is 6.07 Å². The molecule has 0 aromatic heterocycles. The summed E-state index contributed by atoms with van der Waals surface area (Å²) in [5, 5.41) is 13.2. The van der Waals surface area contributed by atoms with Gasteiger partial charge in [0.25, 0.3) is 0 Å². The van der Waals surface area contributed by atoms with E-state index in [0.717, 1.165) is 17.5 Å². The number of phenols is 1. The summed E-state index contributed by atoms with van der Waals surface area (Å²) < 4.78 is 0. The van der Waals surface area contributed by atoms with E-state index in [-0.39, 0.29) is 11.8 Å².